The SMILES string of the molecule is CCNC(=NCCCN(C)CCOC)N(C)Cc1csc(C(C)OC)n1.I. The van der Waals surface area contributed by atoms with Crippen LogP contribution in [0, 0.1) is 0 Å². The summed E-state index contributed by atoms with van der Waals surface area (Å²) >= 11 is 1.64. The van der Waals surface area contributed by atoms with Crippen LogP contribution in [0.3, 0.4) is 0 Å². The molecule has 0 aliphatic heterocycles. The van der Waals surface area contributed by atoms with Gasteiger partial charge in [-0.25, -0.2) is 4.98 Å². The van der Waals surface area contributed by atoms with Crippen molar-refractivity contribution in [3.05, 3.63) is 16.1 Å². The first-order valence-corrected chi connectivity index (χ1v) is 10.0. The number of aliphatic imine (C=N–C) groups is 1. The van der Waals surface area contributed by atoms with Gasteiger partial charge in [0.05, 0.1) is 18.8 Å². The lowest BCUT2D eigenvalue weighted by molar-refractivity contribution is 0.119. The molecule has 1 heterocycles. The van der Waals surface area contributed by atoms with E-state index >= 15 is 0 Å². The van der Waals surface area contributed by atoms with Gasteiger partial charge in [0, 0.05) is 46.3 Å². The number of likely N-dealkylation sites (N-methyl/N-ethyl adjacent to an activating group) is 1. The van der Waals surface area contributed by atoms with Crippen LogP contribution in [0.4, 0.5) is 0 Å². The fraction of sp³-hybridized carbons (Fsp3) is 0.778. The van der Waals surface area contributed by atoms with E-state index in [0.29, 0.717) is 0 Å². The van der Waals surface area contributed by atoms with Crippen molar-refractivity contribution in [1.29, 1.82) is 0 Å². The Bertz CT molecular complexity index is 530. The first-order valence-electron chi connectivity index (χ1n) is 9.15. The van der Waals surface area contributed by atoms with Gasteiger partial charge in [0.25, 0.3) is 0 Å². The van der Waals surface area contributed by atoms with E-state index in [1.807, 2.05) is 14.0 Å². The molecule has 1 rings (SSSR count). The lowest BCUT2D eigenvalue weighted by Crippen LogP contribution is -2.38. The largest absolute Gasteiger partial charge is 0.383 e. The zero-order valence-corrected chi connectivity index (χ0v) is 20.7. The standard InChI is InChI=1S/C18H35N5O2S.HI/c1-7-19-18(20-9-8-10-22(3)11-12-24-5)23(4)13-16-14-26-17(21-16)15(2)25-6;/h14-15H,7-13H2,1-6H3,(H,19,20);1H. The second-order valence-corrected chi connectivity index (χ2v) is 7.19. The second kappa shape index (κ2) is 15.4. The Hall–Kier alpha value is -0.490. The van der Waals surface area contributed by atoms with Gasteiger partial charge in [0.2, 0.25) is 0 Å². The number of nitrogens with zero attached hydrogens (tertiary/aromatic N) is 4. The average molecular weight is 513 g/mol. The summed E-state index contributed by atoms with van der Waals surface area (Å²) in [6.07, 6.45) is 1.06. The lowest BCUT2D eigenvalue weighted by Gasteiger charge is -2.21. The molecule has 1 aromatic rings. The zero-order chi connectivity index (χ0) is 19.4. The molecule has 0 amide bonds. The number of hydrogen-bond acceptors (Lipinski definition) is 6. The van der Waals surface area contributed by atoms with E-state index in [9.17, 15) is 0 Å². The Morgan fingerprint density at radius 3 is 2.70 bits per heavy atom. The van der Waals surface area contributed by atoms with Crippen molar-refractivity contribution in [2.75, 3.05) is 61.1 Å². The van der Waals surface area contributed by atoms with Crippen LogP contribution in [0.5, 0.6) is 0 Å². The number of ether oxygens (including phenoxy) is 2. The number of halogens is 1. The molecule has 7 nitrogen and oxygen atoms in total. The highest BCUT2D eigenvalue weighted by molar-refractivity contribution is 14.0. The summed E-state index contributed by atoms with van der Waals surface area (Å²) in [7, 11) is 7.60. The molecule has 27 heavy (non-hydrogen) atoms. The molecule has 9 heteroatoms. The maximum atomic E-state index is 5.34. The second-order valence-electron chi connectivity index (χ2n) is 6.30. The van der Waals surface area contributed by atoms with Crippen molar-refractivity contribution >= 4 is 41.3 Å². The van der Waals surface area contributed by atoms with Crippen molar-refractivity contribution in [3.63, 3.8) is 0 Å². The summed E-state index contributed by atoms with van der Waals surface area (Å²) in [6, 6.07) is 0. The predicted molar refractivity (Wildman–Crippen MR) is 124 cm³/mol. The Morgan fingerprint density at radius 2 is 2.07 bits per heavy atom. The number of thiazole rings is 1. The first-order chi connectivity index (χ1) is 12.5. The highest BCUT2D eigenvalue weighted by Crippen LogP contribution is 2.20. The molecule has 1 unspecified atom stereocenters. The fourth-order valence-corrected chi connectivity index (χ4v) is 3.20. The molecule has 158 valence electrons. The van der Waals surface area contributed by atoms with Crippen molar-refractivity contribution < 1.29 is 9.47 Å². The van der Waals surface area contributed by atoms with Gasteiger partial charge in [-0.15, -0.1) is 35.3 Å². The minimum atomic E-state index is 0. The van der Waals surface area contributed by atoms with E-state index < -0.39 is 0 Å². The number of guanidine groups is 1. The van der Waals surface area contributed by atoms with Crippen molar-refractivity contribution in [3.8, 4) is 0 Å². The third-order valence-corrected chi connectivity index (χ3v) is 5.06. The highest BCUT2D eigenvalue weighted by Gasteiger charge is 2.12. The quantitative estimate of drug-likeness (QED) is 0.201. The van der Waals surface area contributed by atoms with Crippen LogP contribution in [-0.2, 0) is 16.0 Å². The van der Waals surface area contributed by atoms with Crippen LogP contribution >= 0.6 is 35.3 Å². The predicted octanol–water partition coefficient (Wildman–Crippen LogP) is 2.83. The van der Waals surface area contributed by atoms with Gasteiger partial charge >= 0.3 is 0 Å². The van der Waals surface area contributed by atoms with Crippen molar-refractivity contribution in [2.24, 2.45) is 4.99 Å². The highest BCUT2D eigenvalue weighted by atomic mass is 127. The van der Waals surface area contributed by atoms with E-state index in [4.69, 9.17) is 14.5 Å². The molecule has 0 spiro atoms. The van der Waals surface area contributed by atoms with Crippen LogP contribution in [0.2, 0.25) is 0 Å². The minimum absolute atomic E-state index is 0. The number of nitrogens with one attached hydrogen (secondary N) is 1. The molecule has 1 atom stereocenters. The molecule has 0 saturated carbocycles. The zero-order valence-electron chi connectivity index (χ0n) is 17.5. The molecule has 1 aromatic heterocycles. The van der Waals surface area contributed by atoms with Gasteiger partial charge in [0.1, 0.15) is 11.1 Å². The number of methoxy groups -OCH3 is 2. The van der Waals surface area contributed by atoms with Gasteiger partial charge in [-0.1, -0.05) is 0 Å². The van der Waals surface area contributed by atoms with Crippen LogP contribution in [0.1, 0.15) is 37.1 Å². The molecule has 0 fully saturated rings. The van der Waals surface area contributed by atoms with Gasteiger partial charge in [-0.3, -0.25) is 4.99 Å². The van der Waals surface area contributed by atoms with E-state index in [0.717, 1.165) is 62.4 Å². The molecular formula is C18H36IN5O2S. The third-order valence-electron chi connectivity index (χ3n) is 4.00. The minimum Gasteiger partial charge on any atom is -0.383 e. The molecule has 0 bridgehead atoms. The normalized spacial score (nSPS) is 12.8. The Morgan fingerprint density at radius 1 is 1.33 bits per heavy atom. The third kappa shape index (κ3) is 10.6. The topological polar surface area (TPSA) is 62.2 Å². The maximum absolute atomic E-state index is 5.34. The van der Waals surface area contributed by atoms with Gasteiger partial charge < -0.3 is 24.6 Å². The fourth-order valence-electron chi connectivity index (χ4n) is 2.35. The first kappa shape index (κ1) is 26.5. The summed E-state index contributed by atoms with van der Waals surface area (Å²) in [5, 5.41) is 6.46. The van der Waals surface area contributed by atoms with Crippen LogP contribution in [0.25, 0.3) is 0 Å². The summed E-state index contributed by atoms with van der Waals surface area (Å²) in [6.45, 7) is 9.21. The smallest absolute Gasteiger partial charge is 0.194 e. The molecule has 1 N–H and O–H groups in total. The Labute approximate surface area is 185 Å². The van der Waals surface area contributed by atoms with Crippen LogP contribution in [0.15, 0.2) is 10.4 Å². The lowest BCUT2D eigenvalue weighted by atomic mass is 10.4. The molecule has 0 aliphatic rings. The van der Waals surface area contributed by atoms with E-state index in [2.05, 4.69) is 39.5 Å². The monoisotopic (exact) mass is 513 g/mol. The number of hydrogen-bond donors (Lipinski definition) is 1. The van der Waals surface area contributed by atoms with Crippen LogP contribution < -0.4 is 5.32 Å². The molecule has 0 radical (unpaired) electrons. The van der Waals surface area contributed by atoms with Gasteiger partial charge in [-0.2, -0.15) is 0 Å². The summed E-state index contributed by atoms with van der Waals surface area (Å²) in [4.78, 5) is 13.8. The number of rotatable bonds is 12. The van der Waals surface area contributed by atoms with Crippen molar-refractivity contribution in [2.45, 2.75) is 32.9 Å². The summed E-state index contributed by atoms with van der Waals surface area (Å²) in [5.74, 6) is 0.918. The van der Waals surface area contributed by atoms with Crippen molar-refractivity contribution in [1.82, 2.24) is 20.1 Å². The summed E-state index contributed by atoms with van der Waals surface area (Å²) in [5.41, 5.74) is 1.04. The van der Waals surface area contributed by atoms with Gasteiger partial charge in [-0.05, 0) is 33.9 Å². The van der Waals surface area contributed by atoms with Gasteiger partial charge in [0.15, 0.2) is 5.96 Å². The number of aromatic nitrogens is 1. The van der Waals surface area contributed by atoms with E-state index in [1.54, 1.807) is 25.6 Å². The Balaban J connectivity index is 0.00000676. The molecule has 0 saturated heterocycles. The maximum Gasteiger partial charge on any atom is 0.194 e. The van der Waals surface area contributed by atoms with E-state index in [-0.39, 0.29) is 30.1 Å². The molecule has 0 aliphatic carbocycles. The molecular weight excluding hydrogens is 477 g/mol. The van der Waals surface area contributed by atoms with Crippen LogP contribution in [-0.4, -0.2) is 81.8 Å². The van der Waals surface area contributed by atoms with E-state index in [1.165, 1.54) is 0 Å². The molecule has 0 aromatic carbocycles. The Kier molecular flexibility index (Phi) is 15.2. The average Bonchev–Trinajstić information content (AvgIpc) is 3.10. The summed E-state index contributed by atoms with van der Waals surface area (Å²) < 4.78 is 10.4.